The minimum atomic E-state index is -0.717. The molecule has 0 radical (unpaired) electrons. The van der Waals surface area contributed by atoms with Crippen LogP contribution in [0.1, 0.15) is 27.2 Å². The van der Waals surface area contributed by atoms with Crippen LogP contribution in [0.3, 0.4) is 0 Å². The van der Waals surface area contributed by atoms with Gasteiger partial charge in [0.1, 0.15) is 24.4 Å². The molecular weight excluding hydrogens is 392 g/mol. The fraction of sp³-hybridized carbons (Fsp3) is 0.591. The molecule has 0 bridgehead atoms. The summed E-state index contributed by atoms with van der Waals surface area (Å²) in [5.74, 6) is -2.54. The number of hydrogen-bond donors (Lipinski definition) is 1. The number of hydrogen-bond acceptors (Lipinski definition) is 8. The zero-order valence-corrected chi connectivity index (χ0v) is 17.3. The number of aliphatic hydroxyl groups is 1. The highest BCUT2D eigenvalue weighted by atomic mass is 16.6. The average Bonchev–Trinajstić information content (AvgIpc) is 3.30. The Labute approximate surface area is 174 Å². The number of carbonyl (C=O) groups excluding carboxylic acids is 3. The van der Waals surface area contributed by atoms with Crippen molar-refractivity contribution in [2.24, 2.45) is 17.8 Å². The predicted molar refractivity (Wildman–Crippen MR) is 103 cm³/mol. The quantitative estimate of drug-likeness (QED) is 0.239. The lowest BCUT2D eigenvalue weighted by molar-refractivity contribution is -0.149. The second kappa shape index (κ2) is 7.35. The van der Waals surface area contributed by atoms with Crippen molar-refractivity contribution in [2.45, 2.75) is 51.1 Å². The van der Waals surface area contributed by atoms with Crippen LogP contribution in [0.2, 0.25) is 0 Å². The first-order valence-corrected chi connectivity index (χ1v) is 10.1. The van der Waals surface area contributed by atoms with Crippen molar-refractivity contribution < 1.29 is 38.4 Å². The van der Waals surface area contributed by atoms with Crippen LogP contribution in [0.5, 0.6) is 0 Å². The van der Waals surface area contributed by atoms with E-state index >= 15 is 0 Å². The second-order valence-electron chi connectivity index (χ2n) is 8.56. The van der Waals surface area contributed by atoms with Crippen LogP contribution < -0.4 is 0 Å². The Morgan fingerprint density at radius 1 is 1.37 bits per heavy atom. The molecule has 2 heterocycles. The molecule has 162 valence electrons. The van der Waals surface area contributed by atoms with Crippen LogP contribution in [-0.4, -0.2) is 60.1 Å². The van der Waals surface area contributed by atoms with Crippen molar-refractivity contribution in [1.82, 2.24) is 0 Å². The van der Waals surface area contributed by atoms with Crippen molar-refractivity contribution in [3.8, 4) is 0 Å². The summed E-state index contributed by atoms with van der Waals surface area (Å²) in [5.41, 5.74) is 0.861. The minimum absolute atomic E-state index is 0.0331. The number of epoxide rings is 1. The molecular formula is C22H26O8. The third-order valence-corrected chi connectivity index (χ3v) is 6.66. The van der Waals surface area contributed by atoms with E-state index in [1.54, 1.807) is 13.0 Å². The Hall–Kier alpha value is -2.45. The van der Waals surface area contributed by atoms with Gasteiger partial charge in [-0.05, 0) is 19.9 Å². The van der Waals surface area contributed by atoms with Crippen molar-refractivity contribution in [1.29, 1.82) is 0 Å². The lowest BCUT2D eigenvalue weighted by Gasteiger charge is -2.30. The van der Waals surface area contributed by atoms with Gasteiger partial charge in [-0.2, -0.15) is 0 Å². The van der Waals surface area contributed by atoms with E-state index < -0.39 is 47.7 Å². The topological polar surface area (TPSA) is 112 Å². The van der Waals surface area contributed by atoms with Crippen LogP contribution in [-0.2, 0) is 33.3 Å². The molecule has 2 aliphatic carbocycles. The summed E-state index contributed by atoms with van der Waals surface area (Å²) in [7, 11) is 0. The van der Waals surface area contributed by atoms with Crippen LogP contribution in [0.4, 0.5) is 0 Å². The van der Waals surface area contributed by atoms with Crippen molar-refractivity contribution in [2.75, 3.05) is 13.2 Å². The number of ether oxygens (including phenoxy) is 4. The molecule has 0 unspecified atom stereocenters. The molecule has 0 aromatic rings. The van der Waals surface area contributed by atoms with Gasteiger partial charge >= 0.3 is 17.9 Å². The summed E-state index contributed by atoms with van der Waals surface area (Å²) >= 11 is 0. The first-order valence-electron chi connectivity index (χ1n) is 10.1. The molecule has 7 atom stereocenters. The van der Waals surface area contributed by atoms with E-state index in [4.69, 9.17) is 18.9 Å². The van der Waals surface area contributed by atoms with Gasteiger partial charge in [-0.3, -0.25) is 4.79 Å². The first-order chi connectivity index (χ1) is 14.1. The zero-order valence-electron chi connectivity index (χ0n) is 17.3. The highest BCUT2D eigenvalue weighted by Gasteiger charge is 2.67. The average molecular weight is 418 g/mol. The minimum Gasteiger partial charge on any atom is -0.462 e. The molecule has 1 spiro atoms. The van der Waals surface area contributed by atoms with Crippen molar-refractivity contribution >= 4 is 17.9 Å². The maximum Gasteiger partial charge on any atom is 0.334 e. The van der Waals surface area contributed by atoms with E-state index in [2.05, 4.69) is 6.58 Å². The van der Waals surface area contributed by atoms with Gasteiger partial charge in [-0.15, -0.1) is 0 Å². The summed E-state index contributed by atoms with van der Waals surface area (Å²) in [6.07, 6.45) is 1.62. The largest absolute Gasteiger partial charge is 0.462 e. The molecule has 3 fully saturated rings. The molecule has 2 saturated heterocycles. The molecule has 0 aromatic carbocycles. The molecule has 1 N–H and O–H groups in total. The van der Waals surface area contributed by atoms with Gasteiger partial charge in [-0.25, -0.2) is 9.59 Å². The van der Waals surface area contributed by atoms with Gasteiger partial charge in [-0.1, -0.05) is 18.2 Å². The maximum atomic E-state index is 12.7. The second-order valence-corrected chi connectivity index (χ2v) is 8.56. The summed E-state index contributed by atoms with van der Waals surface area (Å²) in [6.45, 7) is 9.07. The molecule has 2 aliphatic heterocycles. The third kappa shape index (κ3) is 3.37. The highest BCUT2D eigenvalue weighted by Crippen LogP contribution is 2.58. The van der Waals surface area contributed by atoms with Gasteiger partial charge in [0, 0.05) is 36.3 Å². The molecule has 30 heavy (non-hydrogen) atoms. The van der Waals surface area contributed by atoms with E-state index in [0.717, 1.165) is 5.57 Å². The number of rotatable bonds is 4. The molecule has 4 rings (SSSR count). The number of esters is 3. The lowest BCUT2D eigenvalue weighted by Crippen LogP contribution is -2.39. The molecule has 8 heteroatoms. The SMILES string of the molecule is C=C1C(=O)O[C@@H]2[C@@H]3C(C)=C[C@@H](O)[C@H]3[C@]3(CO3)C[C@@H](OC(=O)/C(C)=C\COC(C)=O)[C@@H]12. The molecule has 0 aromatic heterocycles. The zero-order chi connectivity index (χ0) is 21.8. The van der Waals surface area contributed by atoms with Gasteiger partial charge in [0.25, 0.3) is 0 Å². The fourth-order valence-corrected chi connectivity index (χ4v) is 5.14. The maximum absolute atomic E-state index is 12.7. The summed E-state index contributed by atoms with van der Waals surface area (Å²) < 4.78 is 22.1. The Morgan fingerprint density at radius 2 is 2.07 bits per heavy atom. The van der Waals surface area contributed by atoms with Crippen LogP contribution in [0, 0.1) is 17.8 Å². The highest BCUT2D eigenvalue weighted by molar-refractivity contribution is 5.92. The van der Waals surface area contributed by atoms with Gasteiger partial charge in [0.05, 0.1) is 18.6 Å². The van der Waals surface area contributed by atoms with Crippen LogP contribution >= 0.6 is 0 Å². The van der Waals surface area contributed by atoms with Gasteiger partial charge in [0.15, 0.2) is 0 Å². The summed E-state index contributed by atoms with van der Waals surface area (Å²) in [4.78, 5) is 35.9. The van der Waals surface area contributed by atoms with Crippen LogP contribution in [0.25, 0.3) is 0 Å². The third-order valence-electron chi connectivity index (χ3n) is 6.66. The lowest BCUT2D eigenvalue weighted by atomic mass is 9.77. The Balaban J connectivity index is 1.61. The number of carbonyl (C=O) groups is 3. The monoisotopic (exact) mass is 418 g/mol. The normalized spacial score (nSPS) is 39.6. The number of aliphatic hydroxyl groups excluding tert-OH is 1. The van der Waals surface area contributed by atoms with Gasteiger partial charge in [0.2, 0.25) is 0 Å². The summed E-state index contributed by atoms with van der Waals surface area (Å²) in [6, 6.07) is 0. The molecule has 4 aliphatic rings. The first kappa shape index (κ1) is 20.8. The number of fused-ring (bicyclic) bond motifs is 4. The standard InChI is InChI=1S/C22H26O8/c1-10(5-6-27-13(4)23)20(25)29-15-8-22(9-28-22)18-14(24)7-11(2)16(18)19-17(15)12(3)21(26)30-19/h5,7,14-19,24H,3,6,8-9H2,1-2,4H3/b10-5-/t14-,15-,16-,17-,18-,19-,22-/m1/s1. The van der Waals surface area contributed by atoms with E-state index in [1.165, 1.54) is 13.0 Å². The Morgan fingerprint density at radius 3 is 2.70 bits per heavy atom. The van der Waals surface area contributed by atoms with Gasteiger partial charge < -0.3 is 24.1 Å². The predicted octanol–water partition coefficient (Wildman–Crippen LogP) is 1.23. The van der Waals surface area contributed by atoms with E-state index in [-0.39, 0.29) is 29.6 Å². The molecule has 0 amide bonds. The van der Waals surface area contributed by atoms with E-state index in [0.29, 0.717) is 13.0 Å². The summed E-state index contributed by atoms with van der Waals surface area (Å²) in [5, 5.41) is 10.7. The van der Waals surface area contributed by atoms with E-state index in [9.17, 15) is 19.5 Å². The smallest absolute Gasteiger partial charge is 0.334 e. The van der Waals surface area contributed by atoms with E-state index in [1.807, 2.05) is 6.92 Å². The van der Waals surface area contributed by atoms with Crippen molar-refractivity contribution in [3.05, 3.63) is 35.5 Å². The van der Waals surface area contributed by atoms with Crippen LogP contribution in [0.15, 0.2) is 35.5 Å². The molecule has 8 nitrogen and oxygen atoms in total. The van der Waals surface area contributed by atoms with Crippen molar-refractivity contribution in [3.63, 3.8) is 0 Å². The fourth-order valence-electron chi connectivity index (χ4n) is 5.14. The Bertz CT molecular complexity index is 864. The molecule has 1 saturated carbocycles. The Kier molecular flexibility index (Phi) is 5.10.